The van der Waals surface area contributed by atoms with Crippen molar-refractivity contribution in [1.82, 2.24) is 15.5 Å². The van der Waals surface area contributed by atoms with Gasteiger partial charge < -0.3 is 15.4 Å². The molecule has 2 aliphatic heterocycles. The molecule has 2 N–H and O–H groups in total. The Kier molecular flexibility index (Phi) is 4.82. The van der Waals surface area contributed by atoms with E-state index in [0.29, 0.717) is 19.4 Å². The molecular weight excluding hydrogens is 274 g/mol. The van der Waals surface area contributed by atoms with Gasteiger partial charge in [0.05, 0.1) is 6.10 Å². The van der Waals surface area contributed by atoms with E-state index < -0.39 is 11.6 Å². The summed E-state index contributed by atoms with van der Waals surface area (Å²) >= 11 is 0. The molecule has 0 aliphatic carbocycles. The first-order valence-electron chi connectivity index (χ1n) is 7.55. The minimum atomic E-state index is -0.855. The summed E-state index contributed by atoms with van der Waals surface area (Å²) in [6.07, 6.45) is 3.01. The predicted octanol–water partition coefficient (Wildman–Crippen LogP) is 0.392. The van der Waals surface area contributed by atoms with Crippen molar-refractivity contribution in [1.29, 1.82) is 0 Å². The Balaban J connectivity index is 1.88. The lowest BCUT2D eigenvalue weighted by Crippen LogP contribution is -2.47. The van der Waals surface area contributed by atoms with Crippen molar-refractivity contribution in [3.8, 4) is 0 Å². The van der Waals surface area contributed by atoms with Crippen LogP contribution in [0.2, 0.25) is 0 Å². The van der Waals surface area contributed by atoms with Gasteiger partial charge in [0, 0.05) is 13.2 Å². The molecule has 2 rings (SSSR count). The normalized spacial score (nSPS) is 24.3. The second-order valence-corrected chi connectivity index (χ2v) is 5.55. The Hall–Kier alpha value is -1.63. The molecule has 2 saturated heterocycles. The van der Waals surface area contributed by atoms with Crippen LogP contribution in [0.1, 0.15) is 39.5 Å². The molecule has 118 valence electrons. The van der Waals surface area contributed by atoms with Gasteiger partial charge in [0.2, 0.25) is 5.91 Å². The Morgan fingerprint density at radius 3 is 2.67 bits per heavy atom. The molecule has 2 fully saturated rings. The molecule has 1 atom stereocenters. The number of imide groups is 1. The molecule has 0 aromatic rings. The molecule has 0 saturated carbocycles. The monoisotopic (exact) mass is 297 g/mol. The van der Waals surface area contributed by atoms with Crippen LogP contribution in [0.15, 0.2) is 0 Å². The Bertz CT molecular complexity index is 428. The molecule has 2 aliphatic rings. The molecule has 2 heterocycles. The largest absolute Gasteiger partial charge is 0.376 e. The van der Waals surface area contributed by atoms with Crippen molar-refractivity contribution < 1.29 is 19.1 Å². The van der Waals surface area contributed by atoms with Crippen LogP contribution in [0.4, 0.5) is 4.79 Å². The second-order valence-electron chi connectivity index (χ2n) is 5.55. The number of amides is 4. The summed E-state index contributed by atoms with van der Waals surface area (Å²) in [5, 5.41) is 5.42. The maximum Gasteiger partial charge on any atom is 0.325 e. The number of urea groups is 1. The van der Waals surface area contributed by atoms with Gasteiger partial charge in [-0.3, -0.25) is 14.5 Å². The fourth-order valence-electron chi connectivity index (χ4n) is 2.78. The summed E-state index contributed by atoms with van der Waals surface area (Å²) < 4.78 is 5.41. The number of carbonyl (C=O) groups excluding carboxylic acids is 3. The molecule has 0 radical (unpaired) electrons. The highest BCUT2D eigenvalue weighted by molar-refractivity contribution is 6.08. The van der Waals surface area contributed by atoms with Gasteiger partial charge in [0.25, 0.3) is 5.91 Å². The highest BCUT2D eigenvalue weighted by Gasteiger charge is 2.49. The number of hydrogen-bond donors (Lipinski definition) is 2. The SMILES string of the molecule is CCC1(CC)NC(=O)N(CC(=O)NCC2CCCO2)C1=O. The zero-order chi connectivity index (χ0) is 15.5. The van der Waals surface area contributed by atoms with E-state index in [1.165, 1.54) is 0 Å². The van der Waals surface area contributed by atoms with Crippen molar-refractivity contribution in [3.63, 3.8) is 0 Å². The first-order valence-corrected chi connectivity index (χ1v) is 7.55. The van der Waals surface area contributed by atoms with Crippen LogP contribution in [-0.2, 0) is 14.3 Å². The molecule has 7 nitrogen and oxygen atoms in total. The van der Waals surface area contributed by atoms with Gasteiger partial charge in [-0.25, -0.2) is 4.79 Å². The van der Waals surface area contributed by atoms with E-state index in [2.05, 4.69) is 10.6 Å². The van der Waals surface area contributed by atoms with Crippen LogP contribution >= 0.6 is 0 Å². The molecule has 0 aromatic heterocycles. The standard InChI is InChI=1S/C14H23N3O4/c1-3-14(4-2)12(19)17(13(20)16-14)9-11(18)15-8-10-6-5-7-21-10/h10H,3-9H2,1-2H3,(H,15,18)(H,16,20). The van der Waals surface area contributed by atoms with Crippen molar-refractivity contribution >= 4 is 17.8 Å². The molecular formula is C14H23N3O4. The van der Waals surface area contributed by atoms with E-state index in [1.54, 1.807) is 0 Å². The van der Waals surface area contributed by atoms with Gasteiger partial charge in [-0.1, -0.05) is 13.8 Å². The molecule has 4 amide bonds. The smallest absolute Gasteiger partial charge is 0.325 e. The Morgan fingerprint density at radius 1 is 1.43 bits per heavy atom. The van der Waals surface area contributed by atoms with Gasteiger partial charge in [-0.15, -0.1) is 0 Å². The summed E-state index contributed by atoms with van der Waals surface area (Å²) in [5.41, 5.74) is -0.855. The fraction of sp³-hybridized carbons (Fsp3) is 0.786. The molecule has 0 spiro atoms. The quantitative estimate of drug-likeness (QED) is 0.694. The average molecular weight is 297 g/mol. The minimum absolute atomic E-state index is 0.0439. The van der Waals surface area contributed by atoms with Crippen LogP contribution in [0.25, 0.3) is 0 Å². The van der Waals surface area contributed by atoms with Crippen molar-refractivity contribution in [2.75, 3.05) is 19.7 Å². The van der Waals surface area contributed by atoms with Crippen LogP contribution in [0.5, 0.6) is 0 Å². The summed E-state index contributed by atoms with van der Waals surface area (Å²) in [5.74, 6) is -0.651. The molecule has 0 aromatic carbocycles. The van der Waals surface area contributed by atoms with Crippen molar-refractivity contribution in [2.24, 2.45) is 0 Å². The van der Waals surface area contributed by atoms with E-state index in [1.807, 2.05) is 13.8 Å². The van der Waals surface area contributed by atoms with Crippen molar-refractivity contribution in [3.05, 3.63) is 0 Å². The number of nitrogens with one attached hydrogen (secondary N) is 2. The predicted molar refractivity (Wildman–Crippen MR) is 75.5 cm³/mol. The first-order chi connectivity index (χ1) is 10.0. The van der Waals surface area contributed by atoms with Gasteiger partial charge >= 0.3 is 6.03 Å². The highest BCUT2D eigenvalue weighted by Crippen LogP contribution is 2.24. The Labute approximate surface area is 124 Å². The lowest BCUT2D eigenvalue weighted by molar-refractivity contribution is -0.135. The number of nitrogens with zero attached hydrogens (tertiary/aromatic N) is 1. The summed E-state index contributed by atoms with van der Waals surface area (Å²) in [6, 6.07) is -0.490. The zero-order valence-electron chi connectivity index (χ0n) is 12.6. The maximum absolute atomic E-state index is 12.3. The van der Waals surface area contributed by atoms with Gasteiger partial charge in [0.15, 0.2) is 0 Å². The topological polar surface area (TPSA) is 87.7 Å². The van der Waals surface area contributed by atoms with E-state index in [0.717, 1.165) is 24.3 Å². The minimum Gasteiger partial charge on any atom is -0.376 e. The van der Waals surface area contributed by atoms with E-state index >= 15 is 0 Å². The third-order valence-electron chi connectivity index (χ3n) is 4.31. The van der Waals surface area contributed by atoms with Gasteiger partial charge in [0.1, 0.15) is 12.1 Å². The Morgan fingerprint density at radius 2 is 2.14 bits per heavy atom. The number of carbonyl (C=O) groups is 3. The third-order valence-corrected chi connectivity index (χ3v) is 4.31. The average Bonchev–Trinajstić information content (AvgIpc) is 3.07. The van der Waals surface area contributed by atoms with Crippen LogP contribution in [-0.4, -0.2) is 54.1 Å². The van der Waals surface area contributed by atoms with Gasteiger partial charge in [-0.2, -0.15) is 0 Å². The van der Waals surface area contributed by atoms with Crippen LogP contribution < -0.4 is 10.6 Å². The summed E-state index contributed by atoms with van der Waals surface area (Å²) in [7, 11) is 0. The fourth-order valence-corrected chi connectivity index (χ4v) is 2.78. The molecule has 1 unspecified atom stereocenters. The second kappa shape index (κ2) is 6.43. The third kappa shape index (κ3) is 3.18. The molecule has 0 bridgehead atoms. The maximum atomic E-state index is 12.3. The molecule has 7 heteroatoms. The van der Waals surface area contributed by atoms with Gasteiger partial charge in [-0.05, 0) is 25.7 Å². The number of rotatable bonds is 6. The van der Waals surface area contributed by atoms with E-state index in [-0.39, 0.29) is 24.5 Å². The summed E-state index contributed by atoms with van der Waals surface area (Å²) in [6.45, 7) is 4.61. The highest BCUT2D eigenvalue weighted by atomic mass is 16.5. The zero-order valence-corrected chi connectivity index (χ0v) is 12.6. The lowest BCUT2D eigenvalue weighted by Gasteiger charge is -2.23. The number of ether oxygens (including phenoxy) is 1. The van der Waals surface area contributed by atoms with Crippen LogP contribution in [0.3, 0.4) is 0 Å². The van der Waals surface area contributed by atoms with Crippen LogP contribution in [0, 0.1) is 0 Å². The number of hydrogen-bond acceptors (Lipinski definition) is 4. The van der Waals surface area contributed by atoms with E-state index in [4.69, 9.17) is 4.74 Å². The molecule has 21 heavy (non-hydrogen) atoms. The van der Waals surface area contributed by atoms with Crippen molar-refractivity contribution in [2.45, 2.75) is 51.2 Å². The summed E-state index contributed by atoms with van der Waals surface area (Å²) in [4.78, 5) is 37.1. The first kappa shape index (κ1) is 15.8. The lowest BCUT2D eigenvalue weighted by atomic mass is 9.93. The van der Waals surface area contributed by atoms with E-state index in [9.17, 15) is 14.4 Å².